The number of anilines is 1. The molecule has 2 N–H and O–H groups in total. The summed E-state index contributed by atoms with van der Waals surface area (Å²) in [6, 6.07) is 27.1. The first-order chi connectivity index (χ1) is 15.5. The van der Waals surface area contributed by atoms with Gasteiger partial charge in [-0.15, -0.1) is 0 Å². The number of thiocarbonyl (C=S) groups is 1. The Morgan fingerprint density at radius 2 is 1.38 bits per heavy atom. The van der Waals surface area contributed by atoms with Gasteiger partial charge in [0, 0.05) is 20.0 Å². The second-order valence-corrected chi connectivity index (χ2v) is 7.79. The Hall–Kier alpha value is -3.51. The number of carbonyl (C=O) groups is 2. The number of rotatable bonds is 8. The highest BCUT2D eigenvalue weighted by atomic mass is 32.1. The molecule has 0 aliphatic heterocycles. The molecule has 3 rings (SSSR count). The Kier molecular flexibility index (Phi) is 8.52. The van der Waals surface area contributed by atoms with E-state index in [1.165, 1.54) is 0 Å². The second-order valence-electron chi connectivity index (χ2n) is 7.41. The summed E-state index contributed by atoms with van der Waals surface area (Å²) in [7, 11) is 1.75. The summed E-state index contributed by atoms with van der Waals surface area (Å²) in [6.45, 7) is 0.529. The Balaban J connectivity index is 1.56. The number of amides is 2. The number of aryl methyl sites for hydroxylation is 1. The Morgan fingerprint density at radius 1 is 0.812 bits per heavy atom. The van der Waals surface area contributed by atoms with Gasteiger partial charge in [0.2, 0.25) is 5.91 Å². The van der Waals surface area contributed by atoms with Gasteiger partial charge in [-0.3, -0.25) is 9.59 Å². The Labute approximate surface area is 194 Å². The third-order valence-corrected chi connectivity index (χ3v) is 5.46. The fraction of sp³-hybridized carbons (Fsp3) is 0.192. The van der Waals surface area contributed by atoms with E-state index in [0.29, 0.717) is 30.6 Å². The first kappa shape index (κ1) is 23.2. The van der Waals surface area contributed by atoms with Crippen LogP contribution in [-0.2, 0) is 17.6 Å². The van der Waals surface area contributed by atoms with Gasteiger partial charge in [0.25, 0.3) is 5.91 Å². The van der Waals surface area contributed by atoms with E-state index in [-0.39, 0.29) is 16.9 Å². The molecule has 5 nitrogen and oxygen atoms in total. The predicted octanol–water partition coefficient (Wildman–Crippen LogP) is 4.13. The molecule has 32 heavy (non-hydrogen) atoms. The van der Waals surface area contributed by atoms with Crippen molar-refractivity contribution in [2.45, 2.75) is 19.3 Å². The van der Waals surface area contributed by atoms with Crippen LogP contribution in [0.2, 0.25) is 0 Å². The maximum atomic E-state index is 12.8. The lowest BCUT2D eigenvalue weighted by atomic mass is 10.1. The average molecular weight is 446 g/mol. The van der Waals surface area contributed by atoms with Crippen LogP contribution in [-0.4, -0.2) is 30.5 Å². The molecule has 2 amide bonds. The molecule has 0 aliphatic carbocycles. The number of para-hydroxylation sites is 1. The van der Waals surface area contributed by atoms with E-state index in [2.05, 4.69) is 10.6 Å². The van der Waals surface area contributed by atoms with Crippen molar-refractivity contribution in [1.29, 1.82) is 0 Å². The monoisotopic (exact) mass is 445 g/mol. The summed E-state index contributed by atoms with van der Waals surface area (Å²) in [4.78, 5) is 26.8. The van der Waals surface area contributed by atoms with Gasteiger partial charge in [-0.25, -0.2) is 0 Å². The standard InChI is InChI=1S/C26H27N3O2S/c1-29(26(32)28-24(30)17-16-20-10-4-2-5-11-20)23-15-9-8-14-22(23)25(31)27-19-18-21-12-6-3-7-13-21/h2-15H,16-19H2,1H3,(H,27,31)(H,28,30,32). The van der Waals surface area contributed by atoms with E-state index in [1.807, 2.05) is 78.9 Å². The van der Waals surface area contributed by atoms with Crippen LogP contribution >= 0.6 is 12.2 Å². The molecule has 3 aromatic rings. The number of hydrogen-bond donors (Lipinski definition) is 2. The molecule has 0 unspecified atom stereocenters. The van der Waals surface area contributed by atoms with Gasteiger partial charge in [0.05, 0.1) is 11.3 Å². The molecule has 0 aromatic heterocycles. The normalized spacial score (nSPS) is 10.3. The molecule has 3 aromatic carbocycles. The molecule has 0 radical (unpaired) electrons. The van der Waals surface area contributed by atoms with Gasteiger partial charge in [0.15, 0.2) is 5.11 Å². The van der Waals surface area contributed by atoms with E-state index < -0.39 is 0 Å². The Morgan fingerprint density at radius 3 is 2.03 bits per heavy atom. The SMILES string of the molecule is CN(C(=S)NC(=O)CCc1ccccc1)c1ccccc1C(=O)NCCc1ccccc1. The van der Waals surface area contributed by atoms with E-state index in [1.54, 1.807) is 18.0 Å². The van der Waals surface area contributed by atoms with Crippen molar-refractivity contribution in [1.82, 2.24) is 10.6 Å². The van der Waals surface area contributed by atoms with Crippen LogP contribution in [0.4, 0.5) is 5.69 Å². The first-order valence-corrected chi connectivity index (χ1v) is 11.0. The lowest BCUT2D eigenvalue weighted by Gasteiger charge is -2.23. The minimum Gasteiger partial charge on any atom is -0.352 e. The third kappa shape index (κ3) is 6.75. The summed E-state index contributed by atoms with van der Waals surface area (Å²) >= 11 is 5.43. The number of benzene rings is 3. The molecule has 0 fully saturated rings. The minimum absolute atomic E-state index is 0.157. The van der Waals surface area contributed by atoms with Crippen molar-refractivity contribution in [3.05, 3.63) is 102 Å². The number of carbonyl (C=O) groups excluding carboxylic acids is 2. The quantitative estimate of drug-likeness (QED) is 0.512. The highest BCUT2D eigenvalue weighted by molar-refractivity contribution is 7.80. The van der Waals surface area contributed by atoms with Crippen molar-refractivity contribution in [2.75, 3.05) is 18.5 Å². The second kappa shape index (κ2) is 11.8. The number of hydrogen-bond acceptors (Lipinski definition) is 3. The lowest BCUT2D eigenvalue weighted by molar-refractivity contribution is -0.119. The van der Waals surface area contributed by atoms with Crippen LogP contribution in [0, 0.1) is 0 Å². The lowest BCUT2D eigenvalue weighted by Crippen LogP contribution is -2.41. The topological polar surface area (TPSA) is 61.4 Å². The Bertz CT molecular complexity index is 1050. The molecule has 0 saturated heterocycles. The van der Waals surface area contributed by atoms with Crippen molar-refractivity contribution in [2.24, 2.45) is 0 Å². The average Bonchev–Trinajstić information content (AvgIpc) is 2.83. The first-order valence-electron chi connectivity index (χ1n) is 10.6. The van der Waals surface area contributed by atoms with Crippen molar-refractivity contribution in [3.63, 3.8) is 0 Å². The minimum atomic E-state index is -0.179. The highest BCUT2D eigenvalue weighted by Crippen LogP contribution is 2.19. The van der Waals surface area contributed by atoms with Crippen LogP contribution in [0.1, 0.15) is 27.9 Å². The predicted molar refractivity (Wildman–Crippen MR) is 133 cm³/mol. The smallest absolute Gasteiger partial charge is 0.253 e. The zero-order chi connectivity index (χ0) is 22.8. The molecule has 0 saturated carbocycles. The molecule has 164 valence electrons. The van der Waals surface area contributed by atoms with E-state index in [0.717, 1.165) is 17.5 Å². The summed E-state index contributed by atoms with van der Waals surface area (Å²) in [5.41, 5.74) is 3.40. The van der Waals surface area contributed by atoms with Gasteiger partial charge in [0.1, 0.15) is 0 Å². The van der Waals surface area contributed by atoms with Crippen LogP contribution in [0.5, 0.6) is 0 Å². The number of nitrogens with one attached hydrogen (secondary N) is 2. The van der Waals surface area contributed by atoms with E-state index in [4.69, 9.17) is 12.2 Å². The molecular weight excluding hydrogens is 418 g/mol. The maximum absolute atomic E-state index is 12.8. The van der Waals surface area contributed by atoms with Crippen LogP contribution < -0.4 is 15.5 Å². The van der Waals surface area contributed by atoms with Gasteiger partial charge in [-0.05, 0) is 48.3 Å². The largest absolute Gasteiger partial charge is 0.352 e. The van der Waals surface area contributed by atoms with Gasteiger partial charge < -0.3 is 15.5 Å². The molecule has 0 aliphatic rings. The van der Waals surface area contributed by atoms with E-state index in [9.17, 15) is 9.59 Å². The summed E-state index contributed by atoms with van der Waals surface area (Å²) in [5.74, 6) is -0.336. The molecule has 6 heteroatoms. The number of nitrogens with zero attached hydrogens (tertiary/aromatic N) is 1. The van der Waals surface area contributed by atoms with Crippen molar-refractivity contribution in [3.8, 4) is 0 Å². The van der Waals surface area contributed by atoms with Crippen molar-refractivity contribution >= 4 is 34.8 Å². The summed E-state index contributed by atoms with van der Waals surface area (Å²) < 4.78 is 0. The van der Waals surface area contributed by atoms with Crippen molar-refractivity contribution < 1.29 is 9.59 Å². The molecule has 0 atom stereocenters. The van der Waals surface area contributed by atoms with Gasteiger partial charge >= 0.3 is 0 Å². The molecule has 0 bridgehead atoms. The summed E-state index contributed by atoms with van der Waals surface area (Å²) in [6.07, 6.45) is 1.72. The molecule has 0 heterocycles. The highest BCUT2D eigenvalue weighted by Gasteiger charge is 2.17. The maximum Gasteiger partial charge on any atom is 0.253 e. The van der Waals surface area contributed by atoms with Gasteiger partial charge in [-0.1, -0.05) is 72.8 Å². The fourth-order valence-electron chi connectivity index (χ4n) is 3.30. The molecule has 0 spiro atoms. The van der Waals surface area contributed by atoms with Crippen LogP contribution in [0.15, 0.2) is 84.9 Å². The van der Waals surface area contributed by atoms with Gasteiger partial charge in [-0.2, -0.15) is 0 Å². The third-order valence-electron chi connectivity index (χ3n) is 5.09. The summed E-state index contributed by atoms with van der Waals surface area (Å²) in [5, 5.41) is 5.99. The van der Waals surface area contributed by atoms with E-state index >= 15 is 0 Å². The van der Waals surface area contributed by atoms with Crippen LogP contribution in [0.25, 0.3) is 0 Å². The van der Waals surface area contributed by atoms with Crippen LogP contribution in [0.3, 0.4) is 0 Å². The zero-order valence-corrected chi connectivity index (χ0v) is 18.9. The fourth-order valence-corrected chi connectivity index (χ4v) is 3.51. The molecular formula is C26H27N3O2S. The zero-order valence-electron chi connectivity index (χ0n) is 18.1.